The molecule has 0 spiro atoms. The third-order valence-corrected chi connectivity index (χ3v) is 5.88. The van der Waals surface area contributed by atoms with Gasteiger partial charge in [0.1, 0.15) is 0 Å². The first-order valence-corrected chi connectivity index (χ1v) is 9.41. The Balaban J connectivity index is 1.81. The summed E-state index contributed by atoms with van der Waals surface area (Å²) in [6, 6.07) is 9.90. The SMILES string of the molecule is O=S1(=O)CCCN(CCn2ccnc2)C(c2ccccc2)C1. The van der Waals surface area contributed by atoms with Crippen molar-refractivity contribution in [1.82, 2.24) is 14.5 Å². The zero-order chi connectivity index (χ0) is 15.4. The average molecular weight is 319 g/mol. The van der Waals surface area contributed by atoms with E-state index in [1.807, 2.05) is 41.1 Å². The van der Waals surface area contributed by atoms with Crippen LogP contribution in [0.2, 0.25) is 0 Å². The van der Waals surface area contributed by atoms with Gasteiger partial charge >= 0.3 is 0 Å². The Morgan fingerprint density at radius 1 is 1.18 bits per heavy atom. The number of sulfone groups is 1. The average Bonchev–Trinajstić information content (AvgIpc) is 2.97. The van der Waals surface area contributed by atoms with Crippen LogP contribution in [0.5, 0.6) is 0 Å². The number of aromatic nitrogens is 2. The second-order valence-corrected chi connectivity index (χ2v) is 7.96. The van der Waals surface area contributed by atoms with Crippen LogP contribution in [-0.2, 0) is 16.4 Å². The zero-order valence-electron chi connectivity index (χ0n) is 12.5. The van der Waals surface area contributed by atoms with Gasteiger partial charge in [-0.2, -0.15) is 0 Å². The number of imidazole rings is 1. The Bertz CT molecular complexity index is 683. The molecule has 0 N–H and O–H groups in total. The second kappa shape index (κ2) is 6.62. The summed E-state index contributed by atoms with van der Waals surface area (Å²) in [6.07, 6.45) is 6.20. The van der Waals surface area contributed by atoms with Gasteiger partial charge in [0.2, 0.25) is 0 Å². The molecule has 0 aliphatic carbocycles. The molecule has 1 aromatic carbocycles. The maximum Gasteiger partial charge on any atom is 0.152 e. The number of benzene rings is 1. The molecule has 6 heteroatoms. The Hall–Kier alpha value is -1.66. The molecule has 1 aliphatic heterocycles. The van der Waals surface area contributed by atoms with Gasteiger partial charge in [0, 0.05) is 31.5 Å². The molecule has 1 aromatic heterocycles. The molecule has 5 nitrogen and oxygen atoms in total. The number of hydrogen-bond donors (Lipinski definition) is 0. The van der Waals surface area contributed by atoms with Crippen LogP contribution in [0.4, 0.5) is 0 Å². The first-order valence-electron chi connectivity index (χ1n) is 7.59. The summed E-state index contributed by atoms with van der Waals surface area (Å²) in [6.45, 7) is 2.46. The van der Waals surface area contributed by atoms with Crippen LogP contribution >= 0.6 is 0 Å². The van der Waals surface area contributed by atoms with Gasteiger partial charge in [-0.25, -0.2) is 13.4 Å². The molecular formula is C16H21N3O2S. The Morgan fingerprint density at radius 2 is 2.00 bits per heavy atom. The minimum Gasteiger partial charge on any atom is -0.336 e. The fourth-order valence-corrected chi connectivity index (χ4v) is 4.61. The van der Waals surface area contributed by atoms with Crippen molar-refractivity contribution in [1.29, 1.82) is 0 Å². The Kier molecular flexibility index (Phi) is 4.59. The first kappa shape index (κ1) is 15.2. The summed E-state index contributed by atoms with van der Waals surface area (Å²) in [5, 5.41) is 0. The van der Waals surface area contributed by atoms with Crippen molar-refractivity contribution in [2.75, 3.05) is 24.6 Å². The van der Waals surface area contributed by atoms with Gasteiger partial charge in [-0.3, -0.25) is 4.90 Å². The van der Waals surface area contributed by atoms with Crippen molar-refractivity contribution in [3.63, 3.8) is 0 Å². The first-order chi connectivity index (χ1) is 10.6. The van der Waals surface area contributed by atoms with Gasteiger partial charge in [0.05, 0.1) is 17.8 Å². The van der Waals surface area contributed by atoms with E-state index in [-0.39, 0.29) is 17.5 Å². The van der Waals surface area contributed by atoms with Crippen molar-refractivity contribution in [3.8, 4) is 0 Å². The van der Waals surface area contributed by atoms with Gasteiger partial charge in [-0.1, -0.05) is 30.3 Å². The molecule has 0 saturated carbocycles. The number of hydrogen-bond acceptors (Lipinski definition) is 4. The van der Waals surface area contributed by atoms with E-state index < -0.39 is 9.84 Å². The van der Waals surface area contributed by atoms with E-state index in [4.69, 9.17) is 0 Å². The van der Waals surface area contributed by atoms with E-state index >= 15 is 0 Å². The minimum atomic E-state index is -2.98. The van der Waals surface area contributed by atoms with E-state index in [1.165, 1.54) is 0 Å². The van der Waals surface area contributed by atoms with E-state index in [0.717, 1.165) is 25.2 Å². The molecule has 1 aliphatic rings. The van der Waals surface area contributed by atoms with Gasteiger partial charge in [-0.15, -0.1) is 0 Å². The highest BCUT2D eigenvalue weighted by atomic mass is 32.2. The molecule has 118 valence electrons. The lowest BCUT2D eigenvalue weighted by Crippen LogP contribution is -2.34. The molecule has 0 amide bonds. The third kappa shape index (κ3) is 3.75. The lowest BCUT2D eigenvalue weighted by molar-refractivity contribution is 0.209. The van der Waals surface area contributed by atoms with Gasteiger partial charge < -0.3 is 4.57 Å². The van der Waals surface area contributed by atoms with Crippen LogP contribution in [-0.4, -0.2) is 47.5 Å². The number of rotatable bonds is 4. The van der Waals surface area contributed by atoms with Crippen LogP contribution in [0.25, 0.3) is 0 Å². The van der Waals surface area contributed by atoms with Crippen LogP contribution in [0, 0.1) is 0 Å². The molecule has 1 saturated heterocycles. The number of nitrogens with zero attached hydrogens (tertiary/aromatic N) is 3. The second-order valence-electron chi connectivity index (χ2n) is 5.73. The molecule has 22 heavy (non-hydrogen) atoms. The zero-order valence-corrected chi connectivity index (χ0v) is 13.3. The summed E-state index contributed by atoms with van der Waals surface area (Å²) in [7, 11) is -2.98. The van der Waals surface area contributed by atoms with E-state index in [2.05, 4.69) is 9.88 Å². The van der Waals surface area contributed by atoms with Crippen molar-refractivity contribution in [2.45, 2.75) is 19.0 Å². The predicted molar refractivity (Wildman–Crippen MR) is 86.3 cm³/mol. The highest BCUT2D eigenvalue weighted by Gasteiger charge is 2.29. The molecule has 3 rings (SSSR count). The van der Waals surface area contributed by atoms with Crippen molar-refractivity contribution in [2.24, 2.45) is 0 Å². The maximum atomic E-state index is 12.2. The summed E-state index contributed by atoms with van der Waals surface area (Å²) in [5.41, 5.74) is 1.08. The maximum absolute atomic E-state index is 12.2. The normalized spacial score (nSPS) is 22.3. The topological polar surface area (TPSA) is 55.2 Å². The van der Waals surface area contributed by atoms with Crippen molar-refractivity contribution >= 4 is 9.84 Å². The highest BCUT2D eigenvalue weighted by Crippen LogP contribution is 2.26. The van der Waals surface area contributed by atoms with Crippen LogP contribution in [0.3, 0.4) is 0 Å². The van der Waals surface area contributed by atoms with Crippen LogP contribution in [0.15, 0.2) is 49.1 Å². The molecule has 0 bridgehead atoms. The largest absolute Gasteiger partial charge is 0.336 e. The van der Waals surface area contributed by atoms with Crippen molar-refractivity contribution < 1.29 is 8.42 Å². The quantitative estimate of drug-likeness (QED) is 0.861. The van der Waals surface area contributed by atoms with Crippen molar-refractivity contribution in [3.05, 3.63) is 54.6 Å². The summed E-state index contributed by atoms with van der Waals surface area (Å²) < 4.78 is 26.4. The molecule has 2 aromatic rings. The minimum absolute atomic E-state index is 0.0581. The van der Waals surface area contributed by atoms with Crippen LogP contribution in [0.1, 0.15) is 18.0 Å². The fourth-order valence-electron chi connectivity index (χ4n) is 2.99. The smallest absolute Gasteiger partial charge is 0.152 e. The molecule has 1 unspecified atom stereocenters. The highest BCUT2D eigenvalue weighted by molar-refractivity contribution is 7.91. The molecular weight excluding hydrogens is 298 g/mol. The van der Waals surface area contributed by atoms with Gasteiger partial charge in [0.25, 0.3) is 0 Å². The summed E-state index contributed by atoms with van der Waals surface area (Å²) >= 11 is 0. The summed E-state index contributed by atoms with van der Waals surface area (Å²) in [5.74, 6) is 0.499. The van der Waals surface area contributed by atoms with E-state index in [0.29, 0.717) is 6.42 Å². The predicted octanol–water partition coefficient (Wildman–Crippen LogP) is 1.74. The summed E-state index contributed by atoms with van der Waals surface area (Å²) in [4.78, 5) is 6.34. The third-order valence-electron chi connectivity index (χ3n) is 4.14. The Labute approximate surface area is 131 Å². The molecule has 1 atom stereocenters. The van der Waals surface area contributed by atoms with Crippen LogP contribution < -0.4 is 0 Å². The monoisotopic (exact) mass is 319 g/mol. The molecule has 0 radical (unpaired) electrons. The standard InChI is InChI=1S/C16H21N3O2S/c20-22(21)12-4-8-19(11-10-18-9-7-17-14-18)16(13-22)15-5-2-1-3-6-15/h1-3,5-7,9,14,16H,4,8,10-13H2. The van der Waals surface area contributed by atoms with E-state index in [9.17, 15) is 8.42 Å². The lowest BCUT2D eigenvalue weighted by Gasteiger charge is -2.29. The van der Waals surface area contributed by atoms with Gasteiger partial charge in [-0.05, 0) is 18.5 Å². The Morgan fingerprint density at radius 3 is 2.73 bits per heavy atom. The molecule has 2 heterocycles. The fraction of sp³-hybridized carbons (Fsp3) is 0.438. The molecule has 1 fully saturated rings. The van der Waals surface area contributed by atoms with E-state index in [1.54, 1.807) is 12.5 Å². The van der Waals surface area contributed by atoms with Gasteiger partial charge in [0.15, 0.2) is 9.84 Å². The lowest BCUT2D eigenvalue weighted by atomic mass is 10.1.